The number of amides is 2. The van der Waals surface area contributed by atoms with E-state index >= 15 is 0 Å². The van der Waals surface area contributed by atoms with E-state index < -0.39 is 11.8 Å². The zero-order valence-electron chi connectivity index (χ0n) is 14.8. The summed E-state index contributed by atoms with van der Waals surface area (Å²) in [5.74, 6) is -0.893. The number of nitrogens with zero attached hydrogens (tertiary/aromatic N) is 2. The molecule has 0 radical (unpaired) electrons. The van der Waals surface area contributed by atoms with E-state index in [1.54, 1.807) is 12.1 Å². The van der Waals surface area contributed by atoms with E-state index in [0.29, 0.717) is 18.2 Å². The highest BCUT2D eigenvalue weighted by molar-refractivity contribution is 6.39. The lowest BCUT2D eigenvalue weighted by Gasteiger charge is -2.33. The van der Waals surface area contributed by atoms with E-state index in [0.717, 1.165) is 38.3 Å². The predicted molar refractivity (Wildman–Crippen MR) is 95.9 cm³/mol. The molecule has 2 rings (SSSR count). The van der Waals surface area contributed by atoms with Crippen molar-refractivity contribution in [3.05, 3.63) is 29.8 Å². The first-order valence-electron chi connectivity index (χ1n) is 8.51. The summed E-state index contributed by atoms with van der Waals surface area (Å²) in [6.07, 6.45) is 0. The minimum absolute atomic E-state index is 0.310. The highest BCUT2D eigenvalue weighted by Crippen LogP contribution is 2.08. The van der Waals surface area contributed by atoms with Crippen LogP contribution in [0.5, 0.6) is 0 Å². The number of nitrogens with one attached hydrogen (secondary N) is 2. The fourth-order valence-electron chi connectivity index (χ4n) is 2.71. The maximum atomic E-state index is 11.9. The van der Waals surface area contributed by atoms with E-state index in [1.807, 2.05) is 19.1 Å². The van der Waals surface area contributed by atoms with Gasteiger partial charge in [-0.05, 0) is 32.0 Å². The second kappa shape index (κ2) is 8.80. The van der Waals surface area contributed by atoms with Gasteiger partial charge in [-0.3, -0.25) is 9.59 Å². The first-order chi connectivity index (χ1) is 11.4. The molecule has 6 nitrogen and oxygen atoms in total. The summed E-state index contributed by atoms with van der Waals surface area (Å²) in [6, 6.07) is 7.37. The fourth-order valence-corrected chi connectivity index (χ4v) is 2.71. The monoisotopic (exact) mass is 332 g/mol. The van der Waals surface area contributed by atoms with Crippen molar-refractivity contribution in [3.8, 4) is 0 Å². The zero-order chi connectivity index (χ0) is 17.5. The predicted octanol–water partition coefficient (Wildman–Crippen LogP) is 0.933. The molecule has 2 N–H and O–H groups in total. The van der Waals surface area contributed by atoms with Gasteiger partial charge in [-0.1, -0.05) is 24.6 Å². The molecule has 1 aliphatic heterocycles. The molecule has 6 heteroatoms. The van der Waals surface area contributed by atoms with Crippen molar-refractivity contribution >= 4 is 17.5 Å². The Morgan fingerprint density at radius 1 is 1.08 bits per heavy atom. The van der Waals surface area contributed by atoms with Gasteiger partial charge in [-0.2, -0.15) is 0 Å². The molecule has 0 saturated carbocycles. The average Bonchev–Trinajstić information content (AvgIpc) is 2.57. The molecule has 132 valence electrons. The van der Waals surface area contributed by atoms with Crippen LogP contribution in [0.4, 0.5) is 5.69 Å². The third kappa shape index (κ3) is 5.94. The smallest absolute Gasteiger partial charge is 0.313 e. The first-order valence-corrected chi connectivity index (χ1v) is 8.51. The van der Waals surface area contributed by atoms with Crippen molar-refractivity contribution in [1.29, 1.82) is 0 Å². The summed E-state index contributed by atoms with van der Waals surface area (Å²) < 4.78 is 0. The van der Waals surface area contributed by atoms with E-state index in [2.05, 4.69) is 34.4 Å². The SMILES string of the molecule is Cc1ccc(NC(=O)C(=O)NCC(C)CN2CCN(C)CC2)cc1. The third-order valence-electron chi connectivity index (χ3n) is 4.29. The summed E-state index contributed by atoms with van der Waals surface area (Å²) in [5.41, 5.74) is 1.74. The van der Waals surface area contributed by atoms with Gasteiger partial charge in [0, 0.05) is 45.0 Å². The number of likely N-dealkylation sites (N-methyl/N-ethyl adjacent to an activating group) is 1. The number of rotatable bonds is 5. The van der Waals surface area contributed by atoms with Gasteiger partial charge >= 0.3 is 11.8 Å². The van der Waals surface area contributed by atoms with Crippen LogP contribution in [0.2, 0.25) is 0 Å². The van der Waals surface area contributed by atoms with Gasteiger partial charge in [0.2, 0.25) is 0 Å². The molecule has 24 heavy (non-hydrogen) atoms. The molecule has 0 aliphatic carbocycles. The molecule has 1 atom stereocenters. The minimum atomic E-state index is -0.620. The number of piperazine rings is 1. The van der Waals surface area contributed by atoms with Crippen LogP contribution in [-0.4, -0.2) is 67.9 Å². The van der Waals surface area contributed by atoms with Crippen molar-refractivity contribution in [1.82, 2.24) is 15.1 Å². The quantitative estimate of drug-likeness (QED) is 0.788. The Balaban J connectivity index is 1.69. The van der Waals surface area contributed by atoms with Crippen LogP contribution in [0, 0.1) is 12.8 Å². The van der Waals surface area contributed by atoms with Crippen LogP contribution in [-0.2, 0) is 9.59 Å². The zero-order valence-corrected chi connectivity index (χ0v) is 14.8. The summed E-state index contributed by atoms with van der Waals surface area (Å²) in [7, 11) is 2.13. The highest BCUT2D eigenvalue weighted by Gasteiger charge is 2.18. The standard InChI is InChI=1S/C18H28N4O2/c1-14-4-6-16(7-5-14)20-18(24)17(23)19-12-15(2)13-22-10-8-21(3)9-11-22/h4-7,15H,8-13H2,1-3H3,(H,19,23)(H,20,24). The molecule has 0 aromatic heterocycles. The van der Waals surface area contributed by atoms with Gasteiger partial charge in [-0.25, -0.2) is 0 Å². The molecule has 1 aromatic carbocycles. The Morgan fingerprint density at radius 3 is 2.33 bits per heavy atom. The Morgan fingerprint density at radius 2 is 1.71 bits per heavy atom. The number of hydrogen-bond acceptors (Lipinski definition) is 4. The van der Waals surface area contributed by atoms with E-state index in [-0.39, 0.29) is 0 Å². The summed E-state index contributed by atoms with van der Waals surface area (Å²) in [6.45, 7) is 9.79. The van der Waals surface area contributed by atoms with Crippen molar-refractivity contribution in [2.75, 3.05) is 51.6 Å². The number of hydrogen-bond donors (Lipinski definition) is 2. The van der Waals surface area contributed by atoms with Crippen molar-refractivity contribution in [3.63, 3.8) is 0 Å². The highest BCUT2D eigenvalue weighted by atomic mass is 16.2. The molecule has 1 aromatic rings. The van der Waals surface area contributed by atoms with Crippen LogP contribution in [0.3, 0.4) is 0 Å². The number of carbonyl (C=O) groups excluding carboxylic acids is 2. The van der Waals surface area contributed by atoms with Crippen molar-refractivity contribution < 1.29 is 9.59 Å². The van der Waals surface area contributed by atoms with E-state index in [4.69, 9.17) is 0 Å². The Bertz CT molecular complexity index is 551. The second-order valence-electron chi connectivity index (χ2n) is 6.74. The molecule has 1 heterocycles. The third-order valence-corrected chi connectivity index (χ3v) is 4.29. The van der Waals surface area contributed by atoms with Crippen LogP contribution in [0.1, 0.15) is 12.5 Å². The molecule has 1 unspecified atom stereocenters. The van der Waals surface area contributed by atoms with Gasteiger partial charge in [0.25, 0.3) is 0 Å². The summed E-state index contributed by atoms with van der Waals surface area (Å²) in [4.78, 5) is 28.5. The van der Waals surface area contributed by atoms with Crippen LogP contribution < -0.4 is 10.6 Å². The normalized spacial score (nSPS) is 17.3. The lowest BCUT2D eigenvalue weighted by atomic mass is 10.1. The lowest BCUT2D eigenvalue weighted by molar-refractivity contribution is -0.136. The molecule has 0 bridgehead atoms. The van der Waals surface area contributed by atoms with E-state index in [9.17, 15) is 9.59 Å². The van der Waals surface area contributed by atoms with Gasteiger partial charge in [0.15, 0.2) is 0 Å². The minimum Gasteiger partial charge on any atom is -0.348 e. The van der Waals surface area contributed by atoms with Crippen LogP contribution >= 0.6 is 0 Å². The first kappa shape index (κ1) is 18.4. The molecule has 2 amide bonds. The molecule has 0 spiro atoms. The number of benzene rings is 1. The van der Waals surface area contributed by atoms with Gasteiger partial charge in [0.05, 0.1) is 0 Å². The van der Waals surface area contributed by atoms with Crippen molar-refractivity contribution in [2.45, 2.75) is 13.8 Å². The lowest BCUT2D eigenvalue weighted by Crippen LogP contribution is -2.47. The topological polar surface area (TPSA) is 64.7 Å². The molecule has 1 saturated heterocycles. The largest absolute Gasteiger partial charge is 0.348 e. The molecule has 1 fully saturated rings. The van der Waals surface area contributed by atoms with Gasteiger partial charge in [0.1, 0.15) is 0 Å². The molecular formula is C18H28N4O2. The maximum absolute atomic E-state index is 11.9. The van der Waals surface area contributed by atoms with Gasteiger partial charge in [-0.15, -0.1) is 0 Å². The average molecular weight is 332 g/mol. The Hall–Kier alpha value is -1.92. The summed E-state index contributed by atoms with van der Waals surface area (Å²) >= 11 is 0. The Labute approximate surface area is 144 Å². The molecule has 1 aliphatic rings. The van der Waals surface area contributed by atoms with Crippen LogP contribution in [0.15, 0.2) is 24.3 Å². The number of carbonyl (C=O) groups is 2. The summed E-state index contributed by atoms with van der Waals surface area (Å²) in [5, 5.41) is 5.34. The van der Waals surface area contributed by atoms with E-state index in [1.165, 1.54) is 0 Å². The second-order valence-corrected chi connectivity index (χ2v) is 6.74. The number of aryl methyl sites for hydroxylation is 1. The molecular weight excluding hydrogens is 304 g/mol. The van der Waals surface area contributed by atoms with Gasteiger partial charge < -0.3 is 20.4 Å². The number of anilines is 1. The van der Waals surface area contributed by atoms with Crippen LogP contribution in [0.25, 0.3) is 0 Å². The Kier molecular flexibility index (Phi) is 6.75. The fraction of sp³-hybridized carbons (Fsp3) is 0.556. The maximum Gasteiger partial charge on any atom is 0.313 e. The van der Waals surface area contributed by atoms with Crippen molar-refractivity contribution in [2.24, 2.45) is 5.92 Å².